The van der Waals surface area contributed by atoms with Crippen molar-refractivity contribution in [3.05, 3.63) is 59.2 Å². The Morgan fingerprint density at radius 1 is 1.08 bits per heavy atom. The molecule has 0 aromatic heterocycles. The lowest BCUT2D eigenvalue weighted by Crippen LogP contribution is -2.17. The first-order chi connectivity index (χ1) is 12.1. The molecule has 0 aliphatic rings. The highest BCUT2D eigenvalue weighted by atomic mass is 16.5. The summed E-state index contributed by atoms with van der Waals surface area (Å²) in [5.74, 6) is 1.55. The van der Waals surface area contributed by atoms with Crippen LogP contribution in [0.2, 0.25) is 0 Å². The van der Waals surface area contributed by atoms with Crippen LogP contribution < -0.4 is 14.9 Å². The number of hydrogen-bond donors (Lipinski definition) is 1. The fraction of sp³-hybridized carbons (Fsp3) is 0.300. The van der Waals surface area contributed by atoms with Crippen molar-refractivity contribution in [1.29, 1.82) is 0 Å². The van der Waals surface area contributed by atoms with Crippen LogP contribution in [0.25, 0.3) is 0 Å². The smallest absolute Gasteiger partial charge is 0.240 e. The lowest BCUT2D eigenvalue weighted by atomic mass is 10.0. The number of hydrazone groups is 1. The first-order valence-corrected chi connectivity index (χ1v) is 8.22. The van der Waals surface area contributed by atoms with E-state index in [4.69, 9.17) is 9.47 Å². The van der Waals surface area contributed by atoms with Gasteiger partial charge in [-0.3, -0.25) is 4.79 Å². The Kier molecular flexibility index (Phi) is 7.01. The van der Waals surface area contributed by atoms with Crippen LogP contribution in [0.4, 0.5) is 0 Å². The highest BCUT2D eigenvalue weighted by Crippen LogP contribution is 2.18. The molecule has 5 nitrogen and oxygen atoms in total. The highest BCUT2D eigenvalue weighted by molar-refractivity contribution is 5.82. The summed E-state index contributed by atoms with van der Waals surface area (Å²) in [4.78, 5) is 11.8. The van der Waals surface area contributed by atoms with Crippen LogP contribution in [0, 0.1) is 6.92 Å². The zero-order valence-electron chi connectivity index (χ0n) is 14.9. The monoisotopic (exact) mass is 340 g/mol. The molecule has 1 amide bonds. The fourth-order valence-electron chi connectivity index (χ4n) is 2.44. The van der Waals surface area contributed by atoms with E-state index in [-0.39, 0.29) is 5.91 Å². The summed E-state index contributed by atoms with van der Waals surface area (Å²) in [5, 5.41) is 3.98. The second-order valence-electron chi connectivity index (χ2n) is 5.71. The quantitative estimate of drug-likeness (QED) is 0.591. The largest absolute Gasteiger partial charge is 0.497 e. The van der Waals surface area contributed by atoms with E-state index in [2.05, 4.69) is 17.5 Å². The van der Waals surface area contributed by atoms with E-state index in [0.29, 0.717) is 6.42 Å². The molecule has 2 aromatic carbocycles. The van der Waals surface area contributed by atoms with Crippen molar-refractivity contribution in [2.75, 3.05) is 14.2 Å². The summed E-state index contributed by atoms with van der Waals surface area (Å²) in [6, 6.07) is 13.5. The van der Waals surface area contributed by atoms with Gasteiger partial charge >= 0.3 is 0 Å². The summed E-state index contributed by atoms with van der Waals surface area (Å²) in [7, 11) is 3.28. The lowest BCUT2D eigenvalue weighted by molar-refractivity contribution is -0.121. The second kappa shape index (κ2) is 9.47. The molecule has 0 bridgehead atoms. The van der Waals surface area contributed by atoms with Gasteiger partial charge in [0.15, 0.2) is 0 Å². The van der Waals surface area contributed by atoms with Crippen LogP contribution in [-0.4, -0.2) is 26.3 Å². The van der Waals surface area contributed by atoms with Crippen molar-refractivity contribution in [2.45, 2.75) is 26.2 Å². The van der Waals surface area contributed by atoms with Crippen LogP contribution in [0.5, 0.6) is 11.5 Å². The van der Waals surface area contributed by atoms with Gasteiger partial charge in [-0.15, -0.1) is 0 Å². The van der Waals surface area contributed by atoms with Crippen molar-refractivity contribution in [3.63, 3.8) is 0 Å². The van der Waals surface area contributed by atoms with E-state index in [1.807, 2.05) is 42.5 Å². The van der Waals surface area contributed by atoms with E-state index >= 15 is 0 Å². The Morgan fingerprint density at radius 2 is 1.76 bits per heavy atom. The maximum absolute atomic E-state index is 11.8. The number of nitrogens with one attached hydrogen (secondary N) is 1. The van der Waals surface area contributed by atoms with Gasteiger partial charge in [-0.2, -0.15) is 5.10 Å². The first kappa shape index (κ1) is 18.5. The molecule has 132 valence electrons. The zero-order valence-corrected chi connectivity index (χ0v) is 14.9. The van der Waals surface area contributed by atoms with Crippen LogP contribution in [-0.2, 0) is 11.2 Å². The predicted molar refractivity (Wildman–Crippen MR) is 99.4 cm³/mol. The third kappa shape index (κ3) is 5.95. The Balaban J connectivity index is 1.74. The maximum atomic E-state index is 11.8. The summed E-state index contributed by atoms with van der Waals surface area (Å²) >= 11 is 0. The molecule has 0 aliphatic carbocycles. The predicted octanol–water partition coefficient (Wildman–Crippen LogP) is 3.49. The molecular formula is C20H24N2O3. The fourth-order valence-corrected chi connectivity index (χ4v) is 2.44. The van der Waals surface area contributed by atoms with E-state index < -0.39 is 0 Å². The Labute approximate surface area is 148 Å². The number of nitrogens with zero attached hydrogens (tertiary/aromatic N) is 1. The third-order valence-electron chi connectivity index (χ3n) is 3.92. The summed E-state index contributed by atoms with van der Waals surface area (Å²) in [6.07, 6.45) is 3.68. The van der Waals surface area contributed by atoms with Gasteiger partial charge in [0, 0.05) is 6.42 Å². The van der Waals surface area contributed by atoms with Crippen molar-refractivity contribution < 1.29 is 14.3 Å². The average Bonchev–Trinajstić information content (AvgIpc) is 2.63. The van der Waals surface area contributed by atoms with Gasteiger partial charge in [0.2, 0.25) is 5.91 Å². The minimum absolute atomic E-state index is 0.0871. The minimum atomic E-state index is -0.0871. The topological polar surface area (TPSA) is 59.9 Å². The van der Waals surface area contributed by atoms with E-state index in [0.717, 1.165) is 29.9 Å². The van der Waals surface area contributed by atoms with Crippen LogP contribution in [0.3, 0.4) is 0 Å². The van der Waals surface area contributed by atoms with E-state index in [1.54, 1.807) is 20.4 Å². The van der Waals surface area contributed by atoms with Crippen molar-refractivity contribution in [3.8, 4) is 11.5 Å². The number of carbonyl (C=O) groups is 1. The highest BCUT2D eigenvalue weighted by Gasteiger charge is 2.03. The van der Waals surface area contributed by atoms with Gasteiger partial charge in [0.05, 0.1) is 20.4 Å². The van der Waals surface area contributed by atoms with Crippen LogP contribution in [0.1, 0.15) is 29.5 Å². The van der Waals surface area contributed by atoms with Gasteiger partial charge in [0.1, 0.15) is 11.5 Å². The molecule has 0 fully saturated rings. The summed E-state index contributed by atoms with van der Waals surface area (Å²) in [5.41, 5.74) is 5.87. The van der Waals surface area contributed by atoms with Gasteiger partial charge in [0.25, 0.3) is 0 Å². The number of aryl methyl sites for hydroxylation is 2. The number of amides is 1. The van der Waals surface area contributed by atoms with Crippen molar-refractivity contribution in [2.24, 2.45) is 5.10 Å². The van der Waals surface area contributed by atoms with Crippen LogP contribution >= 0.6 is 0 Å². The molecule has 2 aromatic rings. The molecule has 0 saturated carbocycles. The average molecular weight is 340 g/mol. The molecule has 0 atom stereocenters. The number of rotatable bonds is 8. The third-order valence-corrected chi connectivity index (χ3v) is 3.92. The van der Waals surface area contributed by atoms with Gasteiger partial charge in [-0.1, -0.05) is 6.07 Å². The van der Waals surface area contributed by atoms with Gasteiger partial charge in [-0.25, -0.2) is 5.43 Å². The number of hydrogen-bond acceptors (Lipinski definition) is 4. The normalized spacial score (nSPS) is 10.7. The van der Waals surface area contributed by atoms with Gasteiger partial charge in [-0.05, 0) is 72.9 Å². The first-order valence-electron chi connectivity index (χ1n) is 8.22. The summed E-state index contributed by atoms with van der Waals surface area (Å²) in [6.45, 7) is 2.05. The molecule has 1 N–H and O–H groups in total. The molecule has 0 unspecified atom stereocenters. The molecule has 5 heteroatoms. The molecule has 0 aliphatic heterocycles. The number of carbonyl (C=O) groups excluding carboxylic acids is 1. The molecule has 0 heterocycles. The minimum Gasteiger partial charge on any atom is -0.497 e. The Bertz CT molecular complexity index is 724. The molecule has 0 radical (unpaired) electrons. The van der Waals surface area contributed by atoms with Crippen molar-refractivity contribution in [1.82, 2.24) is 5.43 Å². The molecule has 0 spiro atoms. The van der Waals surface area contributed by atoms with E-state index in [1.165, 1.54) is 11.1 Å². The lowest BCUT2D eigenvalue weighted by Gasteiger charge is -2.07. The number of benzene rings is 2. The number of ether oxygens (including phenoxy) is 2. The second-order valence-corrected chi connectivity index (χ2v) is 5.71. The standard InChI is InChI=1S/C20H24N2O3/c1-15-13-19(25-3)12-9-17(15)5-4-6-20(23)22-21-14-16-7-10-18(24-2)11-8-16/h7-14H,4-6H2,1-3H3,(H,22,23)/b21-14-. The SMILES string of the molecule is COc1ccc(/C=N\NC(=O)CCCc2ccc(OC)cc2C)cc1. The Morgan fingerprint density at radius 3 is 2.40 bits per heavy atom. The maximum Gasteiger partial charge on any atom is 0.240 e. The molecule has 2 rings (SSSR count). The molecule has 25 heavy (non-hydrogen) atoms. The van der Waals surface area contributed by atoms with Gasteiger partial charge < -0.3 is 9.47 Å². The Hall–Kier alpha value is -2.82. The zero-order chi connectivity index (χ0) is 18.1. The van der Waals surface area contributed by atoms with Crippen LogP contribution in [0.15, 0.2) is 47.6 Å². The summed E-state index contributed by atoms with van der Waals surface area (Å²) < 4.78 is 10.3. The molecule has 0 saturated heterocycles. The van der Waals surface area contributed by atoms with E-state index in [9.17, 15) is 4.79 Å². The molecular weight excluding hydrogens is 316 g/mol. The number of methoxy groups -OCH3 is 2. The van der Waals surface area contributed by atoms with Crippen molar-refractivity contribution >= 4 is 12.1 Å².